The van der Waals surface area contributed by atoms with Gasteiger partial charge in [0.1, 0.15) is 0 Å². The van der Waals surface area contributed by atoms with E-state index in [4.69, 9.17) is 9.47 Å². The third kappa shape index (κ3) is 5.69. The van der Waals surface area contributed by atoms with E-state index in [1.807, 2.05) is 80.3 Å². The third-order valence-corrected chi connectivity index (χ3v) is 9.45. The quantitative estimate of drug-likeness (QED) is 0.388. The zero-order valence-electron chi connectivity index (χ0n) is 22.9. The van der Waals surface area contributed by atoms with Crippen LogP contribution >= 0.6 is 0 Å². The van der Waals surface area contributed by atoms with Gasteiger partial charge >= 0.3 is 237 Å². The number of methoxy groups -OCH3 is 1. The van der Waals surface area contributed by atoms with E-state index in [0.717, 1.165) is 45.7 Å². The first-order chi connectivity index (χ1) is 18.7. The van der Waals surface area contributed by atoms with Crippen LogP contribution in [-0.2, 0) is 11.3 Å². The monoisotopic (exact) mass is 589 g/mol. The fraction of sp³-hybridized carbons (Fsp3) is 0.387. The Morgan fingerprint density at radius 2 is 1.77 bits per heavy atom. The Morgan fingerprint density at radius 1 is 1.00 bits per heavy atom. The summed E-state index contributed by atoms with van der Waals surface area (Å²) in [6.45, 7) is 7.18. The van der Waals surface area contributed by atoms with E-state index in [9.17, 15) is 14.4 Å². The van der Waals surface area contributed by atoms with Crippen LogP contribution in [0, 0.1) is 0 Å². The molecule has 1 radical (unpaired) electrons. The van der Waals surface area contributed by atoms with Gasteiger partial charge in [-0.25, -0.2) is 0 Å². The number of rotatable bonds is 6. The Kier molecular flexibility index (Phi) is 7.72. The summed E-state index contributed by atoms with van der Waals surface area (Å²) >= 11 is -0.938. The van der Waals surface area contributed by atoms with Crippen LogP contribution in [0.15, 0.2) is 54.6 Å². The second kappa shape index (κ2) is 11.1. The summed E-state index contributed by atoms with van der Waals surface area (Å²) in [5, 5.41) is 1.76. The van der Waals surface area contributed by atoms with Gasteiger partial charge in [-0.15, -0.1) is 0 Å². The van der Waals surface area contributed by atoms with Crippen molar-refractivity contribution in [1.82, 2.24) is 9.80 Å². The molecule has 203 valence electrons. The molecule has 3 aromatic carbocycles. The number of likely N-dealkylation sites (tertiary alicyclic amines) is 1. The predicted octanol–water partition coefficient (Wildman–Crippen LogP) is 4.76. The molecular weight excluding hydrogens is 555 g/mol. The SMILES string of the molecule is COc1ccc(C(=O)[As]c2cccc3c2C(=O)N(CC2CCCCN2C(=O)OC(C)(C)C)C3)c2ccccc12. The zero-order valence-corrected chi connectivity index (χ0v) is 24.8. The van der Waals surface area contributed by atoms with Crippen molar-refractivity contribution in [3.8, 4) is 5.75 Å². The molecule has 1 unspecified atom stereocenters. The van der Waals surface area contributed by atoms with E-state index in [1.54, 1.807) is 12.0 Å². The number of fused-ring (bicyclic) bond motifs is 2. The molecule has 2 amide bonds. The number of benzene rings is 3. The van der Waals surface area contributed by atoms with Gasteiger partial charge in [0.15, 0.2) is 0 Å². The minimum atomic E-state index is -0.938. The van der Waals surface area contributed by atoms with Crippen LogP contribution in [0.25, 0.3) is 10.8 Å². The molecule has 3 aromatic rings. The number of carbonyl (C=O) groups excluding carboxylic acids is 3. The number of ether oxygens (including phenoxy) is 2. The molecule has 1 fully saturated rings. The minimum absolute atomic E-state index is 0.0492. The van der Waals surface area contributed by atoms with Gasteiger partial charge in [-0.3, -0.25) is 0 Å². The predicted molar refractivity (Wildman–Crippen MR) is 152 cm³/mol. The first-order valence-corrected chi connectivity index (χ1v) is 15.3. The van der Waals surface area contributed by atoms with Crippen molar-refractivity contribution in [2.75, 3.05) is 20.2 Å². The molecule has 8 heteroatoms. The summed E-state index contributed by atoms with van der Waals surface area (Å²) in [4.78, 5) is 43.8. The summed E-state index contributed by atoms with van der Waals surface area (Å²) in [7, 11) is 1.62. The average Bonchev–Trinajstić information content (AvgIpc) is 3.23. The van der Waals surface area contributed by atoms with Crippen LogP contribution in [0.4, 0.5) is 4.79 Å². The molecule has 5 rings (SSSR count). The molecule has 2 heterocycles. The molecule has 1 atom stereocenters. The Hall–Kier alpha value is -3.31. The average molecular weight is 590 g/mol. The standard InChI is InChI=1S/C31H34AsN2O5/c1-31(2,3)39-30(37)34-17-8-7-11-21(34)19-33-18-20-10-9-14-25(27(20)29(33)36)32-28(35)24-15-16-26(38-4)23-13-6-5-12-22(23)24/h5-6,9-10,12-16,21H,7-8,11,17-19H2,1-4H3. The third-order valence-electron chi connectivity index (χ3n) is 7.23. The van der Waals surface area contributed by atoms with Crippen LogP contribution < -0.4 is 9.09 Å². The van der Waals surface area contributed by atoms with Crippen molar-refractivity contribution in [3.05, 3.63) is 71.3 Å². The summed E-state index contributed by atoms with van der Waals surface area (Å²) in [6.07, 6.45) is 2.46. The van der Waals surface area contributed by atoms with Crippen molar-refractivity contribution in [2.45, 2.75) is 58.2 Å². The summed E-state index contributed by atoms with van der Waals surface area (Å²) in [6, 6.07) is 17.1. The maximum absolute atomic E-state index is 13.7. The number of piperidine rings is 1. The number of carbonyl (C=O) groups is 3. The number of hydrogen-bond donors (Lipinski definition) is 0. The van der Waals surface area contributed by atoms with Crippen molar-refractivity contribution in [3.63, 3.8) is 0 Å². The zero-order chi connectivity index (χ0) is 27.7. The van der Waals surface area contributed by atoms with E-state index in [0.29, 0.717) is 30.8 Å². The Morgan fingerprint density at radius 3 is 2.51 bits per heavy atom. The van der Waals surface area contributed by atoms with Gasteiger partial charge < -0.3 is 0 Å². The molecule has 39 heavy (non-hydrogen) atoms. The second-order valence-corrected chi connectivity index (χ2v) is 13.4. The summed E-state index contributed by atoms with van der Waals surface area (Å²) in [5.74, 6) is 0.672. The topological polar surface area (TPSA) is 76.2 Å². The van der Waals surface area contributed by atoms with Gasteiger partial charge in [-0.05, 0) is 0 Å². The molecule has 0 aromatic heterocycles. The van der Waals surface area contributed by atoms with Gasteiger partial charge in [0, 0.05) is 0 Å². The van der Waals surface area contributed by atoms with Crippen LogP contribution in [-0.4, -0.2) is 74.0 Å². The van der Waals surface area contributed by atoms with Crippen molar-refractivity contribution in [2.24, 2.45) is 0 Å². The van der Waals surface area contributed by atoms with Gasteiger partial charge in [0.25, 0.3) is 0 Å². The van der Waals surface area contributed by atoms with Crippen molar-refractivity contribution >= 4 is 47.4 Å². The number of nitrogens with zero attached hydrogens (tertiary/aromatic N) is 2. The van der Waals surface area contributed by atoms with Crippen LogP contribution in [0.3, 0.4) is 0 Å². The Balaban J connectivity index is 1.35. The van der Waals surface area contributed by atoms with Gasteiger partial charge in [-0.1, -0.05) is 0 Å². The fourth-order valence-electron chi connectivity index (χ4n) is 5.45. The fourth-order valence-corrected chi connectivity index (χ4v) is 7.65. The molecule has 0 saturated carbocycles. The van der Waals surface area contributed by atoms with E-state index in [-0.39, 0.29) is 22.6 Å². The molecule has 2 aliphatic heterocycles. The van der Waals surface area contributed by atoms with Crippen LogP contribution in [0.2, 0.25) is 0 Å². The molecule has 0 bridgehead atoms. The summed E-state index contributed by atoms with van der Waals surface area (Å²) < 4.78 is 12.0. The first kappa shape index (κ1) is 27.3. The maximum atomic E-state index is 13.7. The first-order valence-electron chi connectivity index (χ1n) is 13.4. The molecule has 1 saturated heterocycles. The van der Waals surface area contributed by atoms with Crippen molar-refractivity contribution in [1.29, 1.82) is 0 Å². The molecule has 2 aliphatic rings. The van der Waals surface area contributed by atoms with Crippen LogP contribution in [0.5, 0.6) is 5.75 Å². The van der Waals surface area contributed by atoms with E-state index in [1.165, 1.54) is 0 Å². The molecule has 7 nitrogen and oxygen atoms in total. The molecular formula is C31H34AsN2O5. The number of hydrogen-bond acceptors (Lipinski definition) is 5. The summed E-state index contributed by atoms with van der Waals surface area (Å²) in [5.41, 5.74) is 1.68. The Labute approximate surface area is 236 Å². The molecule has 0 aliphatic carbocycles. The Bertz CT molecular complexity index is 1430. The van der Waals surface area contributed by atoms with Crippen LogP contribution in [0.1, 0.15) is 66.3 Å². The van der Waals surface area contributed by atoms with E-state index < -0.39 is 21.4 Å². The molecule has 0 spiro atoms. The second-order valence-electron chi connectivity index (χ2n) is 11.1. The van der Waals surface area contributed by atoms with E-state index in [2.05, 4.69) is 0 Å². The van der Waals surface area contributed by atoms with Gasteiger partial charge in [0.05, 0.1) is 0 Å². The molecule has 0 N–H and O–H groups in total. The number of amides is 2. The van der Waals surface area contributed by atoms with Crippen molar-refractivity contribution < 1.29 is 23.9 Å². The van der Waals surface area contributed by atoms with E-state index >= 15 is 0 Å². The normalized spacial score (nSPS) is 17.6. The van der Waals surface area contributed by atoms with Gasteiger partial charge in [-0.2, -0.15) is 0 Å². The van der Waals surface area contributed by atoms with Gasteiger partial charge in [0.2, 0.25) is 0 Å².